The molecule has 0 atom stereocenters. The van der Waals surface area contributed by atoms with E-state index in [1.54, 1.807) is 6.08 Å². The Morgan fingerprint density at radius 2 is 1.85 bits per heavy atom. The first-order chi connectivity index (χ1) is 9.71. The summed E-state index contributed by atoms with van der Waals surface area (Å²) < 4.78 is 5.31. The van der Waals surface area contributed by atoms with Crippen LogP contribution in [0.2, 0.25) is 0 Å². The maximum Gasteiger partial charge on any atom is 0.246 e. The molecule has 0 saturated carbocycles. The van der Waals surface area contributed by atoms with E-state index in [2.05, 4.69) is 16.7 Å². The van der Waals surface area contributed by atoms with Gasteiger partial charge in [-0.05, 0) is 6.54 Å². The molecule has 0 aromatic heterocycles. The molecule has 0 N–H and O–H groups in total. The average molecular weight is 279 g/mol. The Hall–Kier alpha value is -0.910. The summed E-state index contributed by atoms with van der Waals surface area (Å²) in [5.74, 6) is 0.179. The van der Waals surface area contributed by atoms with Crippen molar-refractivity contribution in [3.63, 3.8) is 0 Å². The first kappa shape index (κ1) is 14.0. The highest BCUT2D eigenvalue weighted by Gasteiger charge is 2.51. The van der Waals surface area contributed by atoms with E-state index in [9.17, 15) is 4.79 Å². The van der Waals surface area contributed by atoms with Crippen molar-refractivity contribution >= 4 is 5.91 Å². The fourth-order valence-corrected chi connectivity index (χ4v) is 3.44. The number of likely N-dealkylation sites (tertiary alicyclic amines) is 2. The van der Waals surface area contributed by atoms with Crippen LogP contribution in [0.15, 0.2) is 12.2 Å². The predicted molar refractivity (Wildman–Crippen MR) is 77.5 cm³/mol. The summed E-state index contributed by atoms with van der Waals surface area (Å²) in [6.45, 7) is 12.0. The standard InChI is InChI=1S/C15H25N3O2/c1-2-16-10-15(11-16)12-18(13-15)14(19)4-3-5-17-6-8-20-9-7-17/h3-4H,2,5-13H2,1H3/b4-3+. The van der Waals surface area contributed by atoms with E-state index in [-0.39, 0.29) is 5.91 Å². The summed E-state index contributed by atoms with van der Waals surface area (Å²) in [5, 5.41) is 0. The molecule has 20 heavy (non-hydrogen) atoms. The number of amides is 1. The molecule has 0 aromatic rings. The molecule has 0 radical (unpaired) electrons. The molecule has 5 nitrogen and oxygen atoms in total. The van der Waals surface area contributed by atoms with Gasteiger partial charge in [-0.15, -0.1) is 0 Å². The number of hydrogen-bond donors (Lipinski definition) is 0. The van der Waals surface area contributed by atoms with Crippen LogP contribution in [0.1, 0.15) is 6.92 Å². The molecule has 0 aromatic carbocycles. The van der Waals surface area contributed by atoms with E-state index in [0.717, 1.165) is 52.5 Å². The van der Waals surface area contributed by atoms with Gasteiger partial charge in [-0.3, -0.25) is 9.69 Å². The SMILES string of the molecule is CCN1CC2(C1)CN(C(=O)/C=C/CN1CCOCC1)C2. The van der Waals surface area contributed by atoms with Gasteiger partial charge in [0.2, 0.25) is 5.91 Å². The number of carbonyl (C=O) groups is 1. The molecule has 3 aliphatic rings. The lowest BCUT2D eigenvalue weighted by Gasteiger charge is -2.60. The topological polar surface area (TPSA) is 36.0 Å². The van der Waals surface area contributed by atoms with Crippen molar-refractivity contribution < 1.29 is 9.53 Å². The molecular weight excluding hydrogens is 254 g/mol. The Kier molecular flexibility index (Phi) is 4.10. The number of ether oxygens (including phenoxy) is 1. The van der Waals surface area contributed by atoms with Crippen LogP contribution in [0.25, 0.3) is 0 Å². The summed E-state index contributed by atoms with van der Waals surface area (Å²) in [6, 6.07) is 0. The lowest BCUT2D eigenvalue weighted by Crippen LogP contribution is -2.72. The van der Waals surface area contributed by atoms with Crippen LogP contribution < -0.4 is 0 Å². The van der Waals surface area contributed by atoms with E-state index < -0.39 is 0 Å². The number of rotatable bonds is 4. The zero-order valence-electron chi connectivity index (χ0n) is 12.4. The fraction of sp³-hybridized carbons (Fsp3) is 0.800. The quantitative estimate of drug-likeness (QED) is 0.681. The Bertz CT molecular complexity index is 377. The molecular formula is C15H25N3O2. The van der Waals surface area contributed by atoms with Gasteiger partial charge in [-0.1, -0.05) is 13.0 Å². The molecule has 3 heterocycles. The van der Waals surface area contributed by atoms with Gasteiger partial charge in [0, 0.05) is 57.3 Å². The van der Waals surface area contributed by atoms with Crippen LogP contribution in [-0.4, -0.2) is 86.2 Å². The average Bonchev–Trinajstić information content (AvgIpc) is 2.37. The minimum atomic E-state index is 0.179. The molecule has 1 amide bonds. The third-order valence-electron chi connectivity index (χ3n) is 4.66. The molecule has 3 saturated heterocycles. The van der Waals surface area contributed by atoms with Gasteiger partial charge >= 0.3 is 0 Å². The van der Waals surface area contributed by atoms with Crippen molar-refractivity contribution in [2.75, 3.05) is 65.6 Å². The second kappa shape index (κ2) is 5.84. The summed E-state index contributed by atoms with van der Waals surface area (Å²) >= 11 is 0. The summed E-state index contributed by atoms with van der Waals surface area (Å²) in [5.41, 5.74) is 0.434. The lowest BCUT2D eigenvalue weighted by molar-refractivity contribution is -0.153. The monoisotopic (exact) mass is 279 g/mol. The maximum absolute atomic E-state index is 12.0. The first-order valence-corrected chi connectivity index (χ1v) is 7.69. The lowest BCUT2D eigenvalue weighted by atomic mass is 9.73. The second-order valence-electron chi connectivity index (χ2n) is 6.31. The first-order valence-electron chi connectivity index (χ1n) is 7.69. The van der Waals surface area contributed by atoms with Crippen molar-refractivity contribution in [3.05, 3.63) is 12.2 Å². The molecule has 3 fully saturated rings. The normalized spacial score (nSPS) is 26.8. The van der Waals surface area contributed by atoms with Crippen molar-refractivity contribution in [2.45, 2.75) is 6.92 Å². The Labute approximate surface area is 121 Å². The third kappa shape index (κ3) is 2.90. The number of hydrogen-bond acceptors (Lipinski definition) is 4. The minimum absolute atomic E-state index is 0.179. The zero-order chi connectivity index (χ0) is 14.0. The maximum atomic E-state index is 12.0. The van der Waals surface area contributed by atoms with Crippen LogP contribution in [0.3, 0.4) is 0 Å². The Morgan fingerprint density at radius 3 is 2.50 bits per heavy atom. The van der Waals surface area contributed by atoms with Crippen LogP contribution >= 0.6 is 0 Å². The zero-order valence-corrected chi connectivity index (χ0v) is 12.4. The van der Waals surface area contributed by atoms with E-state index in [4.69, 9.17) is 4.74 Å². The summed E-state index contributed by atoms with van der Waals surface area (Å²) in [4.78, 5) is 18.8. The smallest absolute Gasteiger partial charge is 0.246 e. The highest BCUT2D eigenvalue weighted by Crippen LogP contribution is 2.39. The largest absolute Gasteiger partial charge is 0.379 e. The molecule has 3 aliphatic heterocycles. The molecule has 5 heteroatoms. The fourth-order valence-electron chi connectivity index (χ4n) is 3.44. The Morgan fingerprint density at radius 1 is 1.15 bits per heavy atom. The molecule has 1 spiro atoms. The van der Waals surface area contributed by atoms with Crippen molar-refractivity contribution in [2.24, 2.45) is 5.41 Å². The van der Waals surface area contributed by atoms with Gasteiger partial charge in [0.25, 0.3) is 0 Å². The molecule has 0 bridgehead atoms. The van der Waals surface area contributed by atoms with Gasteiger partial charge in [-0.2, -0.15) is 0 Å². The minimum Gasteiger partial charge on any atom is -0.379 e. The van der Waals surface area contributed by atoms with Crippen LogP contribution in [-0.2, 0) is 9.53 Å². The molecule has 0 aliphatic carbocycles. The number of carbonyl (C=O) groups excluding carboxylic acids is 1. The Balaban J connectivity index is 1.36. The second-order valence-corrected chi connectivity index (χ2v) is 6.31. The number of morpholine rings is 1. The number of nitrogens with zero attached hydrogens (tertiary/aromatic N) is 3. The highest BCUT2D eigenvalue weighted by atomic mass is 16.5. The molecule has 3 rings (SSSR count). The highest BCUT2D eigenvalue weighted by molar-refractivity contribution is 5.88. The molecule has 0 unspecified atom stereocenters. The van der Waals surface area contributed by atoms with Crippen molar-refractivity contribution in [1.82, 2.24) is 14.7 Å². The summed E-state index contributed by atoms with van der Waals surface area (Å²) in [7, 11) is 0. The van der Waals surface area contributed by atoms with Crippen molar-refractivity contribution in [3.8, 4) is 0 Å². The van der Waals surface area contributed by atoms with Gasteiger partial charge < -0.3 is 14.5 Å². The van der Waals surface area contributed by atoms with Crippen LogP contribution in [0.5, 0.6) is 0 Å². The summed E-state index contributed by atoms with van der Waals surface area (Å²) in [6.07, 6.45) is 3.75. The third-order valence-corrected chi connectivity index (χ3v) is 4.66. The van der Waals surface area contributed by atoms with Gasteiger partial charge in [0.05, 0.1) is 13.2 Å². The van der Waals surface area contributed by atoms with Crippen LogP contribution in [0.4, 0.5) is 0 Å². The predicted octanol–water partition coefficient (Wildman–Crippen LogP) is 0.0389. The van der Waals surface area contributed by atoms with E-state index in [1.165, 1.54) is 13.1 Å². The molecule has 112 valence electrons. The van der Waals surface area contributed by atoms with Gasteiger partial charge in [-0.25, -0.2) is 0 Å². The van der Waals surface area contributed by atoms with Crippen LogP contribution in [0, 0.1) is 5.41 Å². The van der Waals surface area contributed by atoms with E-state index in [0.29, 0.717) is 5.41 Å². The van der Waals surface area contributed by atoms with E-state index in [1.807, 2.05) is 11.0 Å². The van der Waals surface area contributed by atoms with E-state index >= 15 is 0 Å². The van der Waals surface area contributed by atoms with Gasteiger partial charge in [0.15, 0.2) is 0 Å². The van der Waals surface area contributed by atoms with Crippen molar-refractivity contribution in [1.29, 1.82) is 0 Å². The van der Waals surface area contributed by atoms with Gasteiger partial charge in [0.1, 0.15) is 0 Å².